The van der Waals surface area contributed by atoms with Crippen LogP contribution < -0.4 is 5.32 Å². The molecule has 0 spiro atoms. The van der Waals surface area contributed by atoms with Gasteiger partial charge in [0.05, 0.1) is 5.02 Å². The summed E-state index contributed by atoms with van der Waals surface area (Å²) in [4.78, 5) is 21.5. The third kappa shape index (κ3) is 2.81. The zero-order chi connectivity index (χ0) is 17.7. The minimum Gasteiger partial charge on any atom is -0.307 e. The first-order valence-corrected chi connectivity index (χ1v) is 9.87. The van der Waals surface area contributed by atoms with E-state index in [9.17, 15) is 4.79 Å². The van der Waals surface area contributed by atoms with Crippen LogP contribution in [0, 0.1) is 17.8 Å². The Morgan fingerprint density at radius 2 is 1.73 bits per heavy atom. The van der Waals surface area contributed by atoms with Crippen molar-refractivity contribution in [1.82, 2.24) is 9.97 Å². The molecule has 4 bridgehead atoms. The lowest BCUT2D eigenvalue weighted by atomic mass is 9.48. The van der Waals surface area contributed by atoms with E-state index < -0.39 is 0 Å². The number of halogens is 1. The van der Waals surface area contributed by atoms with Crippen LogP contribution in [0.15, 0.2) is 36.7 Å². The Bertz CT molecular complexity index is 813. The Balaban J connectivity index is 1.40. The number of aromatic nitrogens is 2. The molecule has 0 atom stereocenters. The van der Waals surface area contributed by atoms with Gasteiger partial charge in [0, 0.05) is 29.1 Å². The molecule has 26 heavy (non-hydrogen) atoms. The Morgan fingerprint density at radius 1 is 1.04 bits per heavy atom. The van der Waals surface area contributed by atoms with E-state index in [0.29, 0.717) is 16.4 Å². The van der Waals surface area contributed by atoms with Crippen molar-refractivity contribution in [3.05, 3.63) is 52.9 Å². The van der Waals surface area contributed by atoms with E-state index in [0.717, 1.165) is 23.4 Å². The maximum atomic E-state index is 12.7. The lowest BCUT2D eigenvalue weighted by Crippen LogP contribution is -2.49. The number of nitrogens with one attached hydrogen (secondary N) is 1. The molecular weight excluding hydrogens is 346 g/mol. The number of carbonyl (C=O) groups excluding carboxylic acids is 1. The molecule has 0 aromatic carbocycles. The molecule has 4 aliphatic carbocycles. The first-order chi connectivity index (χ1) is 12.6. The fourth-order valence-corrected chi connectivity index (χ4v) is 6.04. The van der Waals surface area contributed by atoms with Gasteiger partial charge in [-0.1, -0.05) is 11.6 Å². The van der Waals surface area contributed by atoms with Crippen LogP contribution in [0.4, 0.5) is 5.82 Å². The van der Waals surface area contributed by atoms with Crippen LogP contribution in [0.25, 0.3) is 0 Å². The van der Waals surface area contributed by atoms with Gasteiger partial charge in [-0.15, -0.1) is 0 Å². The molecule has 4 saturated carbocycles. The van der Waals surface area contributed by atoms with Gasteiger partial charge in [-0.25, -0.2) is 4.98 Å². The van der Waals surface area contributed by atoms with Crippen molar-refractivity contribution in [3.63, 3.8) is 0 Å². The maximum absolute atomic E-state index is 12.7. The Hall–Kier alpha value is -1.94. The zero-order valence-electron chi connectivity index (χ0n) is 14.6. The molecule has 1 amide bonds. The lowest BCUT2D eigenvalue weighted by molar-refractivity contribution is -0.00721. The summed E-state index contributed by atoms with van der Waals surface area (Å²) in [5.41, 5.74) is 1.97. The summed E-state index contributed by atoms with van der Waals surface area (Å²) in [5.74, 6) is 2.94. The Morgan fingerprint density at radius 3 is 2.35 bits per heavy atom. The van der Waals surface area contributed by atoms with Crippen molar-refractivity contribution in [2.45, 2.75) is 43.9 Å². The summed E-state index contributed by atoms with van der Waals surface area (Å²) in [6.45, 7) is 0. The van der Waals surface area contributed by atoms with E-state index in [4.69, 9.17) is 16.6 Å². The van der Waals surface area contributed by atoms with Crippen LogP contribution in [0.5, 0.6) is 0 Å². The summed E-state index contributed by atoms with van der Waals surface area (Å²) in [6.07, 6.45) is 11.3. The molecule has 0 unspecified atom stereocenters. The van der Waals surface area contributed by atoms with Crippen molar-refractivity contribution in [1.29, 1.82) is 0 Å². The van der Waals surface area contributed by atoms with Crippen molar-refractivity contribution in [3.8, 4) is 0 Å². The first-order valence-electron chi connectivity index (χ1n) is 9.49. The molecule has 134 valence electrons. The van der Waals surface area contributed by atoms with Crippen LogP contribution in [0.3, 0.4) is 0 Å². The number of pyridine rings is 2. The number of nitrogens with zero attached hydrogens (tertiary/aromatic N) is 2. The minimum atomic E-state index is -0.145. The predicted octanol–water partition coefficient (Wildman–Crippen LogP) is 4.85. The first kappa shape index (κ1) is 16.2. The fraction of sp³-hybridized carbons (Fsp3) is 0.476. The standard InChI is InChI=1S/C21H22ClN3O/c22-17-1-2-19(24-12-17)25-20(26)16-3-4-23-18(8-16)21-9-13-5-14(10-21)7-15(6-13)11-21/h1-4,8,12-15H,5-7,9-11H2,(H,24,25,26). The van der Waals surface area contributed by atoms with Crippen LogP contribution in [-0.4, -0.2) is 15.9 Å². The highest BCUT2D eigenvalue weighted by atomic mass is 35.5. The average molecular weight is 368 g/mol. The molecule has 2 heterocycles. The van der Waals surface area contributed by atoms with Crippen molar-refractivity contribution >= 4 is 23.3 Å². The molecular formula is C21H22ClN3O. The van der Waals surface area contributed by atoms with E-state index in [-0.39, 0.29) is 11.3 Å². The topological polar surface area (TPSA) is 54.9 Å². The highest BCUT2D eigenvalue weighted by Crippen LogP contribution is 2.60. The van der Waals surface area contributed by atoms with Crippen LogP contribution >= 0.6 is 11.6 Å². The van der Waals surface area contributed by atoms with Gasteiger partial charge in [-0.3, -0.25) is 9.78 Å². The van der Waals surface area contributed by atoms with Gasteiger partial charge in [0.2, 0.25) is 0 Å². The van der Waals surface area contributed by atoms with Crippen LogP contribution in [-0.2, 0) is 5.41 Å². The van der Waals surface area contributed by atoms with Crippen molar-refractivity contribution < 1.29 is 4.79 Å². The number of hydrogen-bond acceptors (Lipinski definition) is 3. The van der Waals surface area contributed by atoms with Crippen molar-refractivity contribution in [2.75, 3.05) is 5.32 Å². The summed E-state index contributed by atoms with van der Waals surface area (Å²) in [6, 6.07) is 7.23. The summed E-state index contributed by atoms with van der Waals surface area (Å²) in [7, 11) is 0. The van der Waals surface area contributed by atoms with Gasteiger partial charge in [0.1, 0.15) is 5.82 Å². The highest BCUT2D eigenvalue weighted by molar-refractivity contribution is 6.30. The van der Waals surface area contributed by atoms with Gasteiger partial charge in [-0.2, -0.15) is 0 Å². The molecule has 5 heteroatoms. The smallest absolute Gasteiger partial charge is 0.256 e. The molecule has 4 aliphatic rings. The van der Waals surface area contributed by atoms with E-state index in [1.165, 1.54) is 44.7 Å². The third-order valence-corrected chi connectivity index (χ3v) is 6.80. The summed E-state index contributed by atoms with van der Waals surface area (Å²) >= 11 is 5.85. The molecule has 2 aromatic heterocycles. The summed E-state index contributed by atoms with van der Waals surface area (Å²) < 4.78 is 0. The number of carbonyl (C=O) groups is 1. The molecule has 4 nitrogen and oxygen atoms in total. The van der Waals surface area contributed by atoms with E-state index in [2.05, 4.69) is 10.3 Å². The van der Waals surface area contributed by atoms with Crippen molar-refractivity contribution in [2.24, 2.45) is 17.8 Å². The monoisotopic (exact) mass is 367 g/mol. The van der Waals surface area contributed by atoms with E-state index in [1.807, 2.05) is 6.07 Å². The van der Waals surface area contributed by atoms with Crippen LogP contribution in [0.2, 0.25) is 5.02 Å². The maximum Gasteiger partial charge on any atom is 0.256 e. The molecule has 4 fully saturated rings. The SMILES string of the molecule is O=C(Nc1ccc(Cl)cn1)c1ccnc(C23CC4CC(CC(C4)C2)C3)c1. The lowest BCUT2D eigenvalue weighted by Gasteiger charge is -2.56. The van der Waals surface area contributed by atoms with Gasteiger partial charge in [0.15, 0.2) is 0 Å². The second-order valence-corrected chi connectivity index (χ2v) is 8.88. The molecule has 2 aromatic rings. The number of anilines is 1. The molecule has 1 N–H and O–H groups in total. The third-order valence-electron chi connectivity index (χ3n) is 6.57. The highest BCUT2D eigenvalue weighted by Gasteiger charge is 2.52. The van der Waals surface area contributed by atoms with Crippen LogP contribution in [0.1, 0.15) is 54.6 Å². The molecule has 6 rings (SSSR count). The molecule has 0 aliphatic heterocycles. The number of amides is 1. The number of rotatable bonds is 3. The van der Waals surface area contributed by atoms with E-state index in [1.54, 1.807) is 24.4 Å². The Kier molecular flexibility index (Phi) is 3.78. The number of hydrogen-bond donors (Lipinski definition) is 1. The van der Waals surface area contributed by atoms with Gasteiger partial charge < -0.3 is 5.32 Å². The molecule has 0 saturated heterocycles. The average Bonchev–Trinajstić information content (AvgIpc) is 2.63. The second-order valence-electron chi connectivity index (χ2n) is 8.44. The summed E-state index contributed by atoms with van der Waals surface area (Å²) in [5, 5.41) is 3.40. The van der Waals surface area contributed by atoms with Gasteiger partial charge in [-0.05, 0) is 80.5 Å². The fourth-order valence-electron chi connectivity index (χ4n) is 5.92. The second kappa shape index (κ2) is 6.05. The predicted molar refractivity (Wildman–Crippen MR) is 101 cm³/mol. The quantitative estimate of drug-likeness (QED) is 0.843. The minimum absolute atomic E-state index is 0.145. The Labute approximate surface area is 158 Å². The normalized spacial score (nSPS) is 31.8. The zero-order valence-corrected chi connectivity index (χ0v) is 15.4. The largest absolute Gasteiger partial charge is 0.307 e. The molecule has 0 radical (unpaired) electrons. The van der Waals surface area contributed by atoms with Gasteiger partial charge >= 0.3 is 0 Å². The van der Waals surface area contributed by atoms with Gasteiger partial charge in [0.25, 0.3) is 5.91 Å². The van der Waals surface area contributed by atoms with E-state index >= 15 is 0 Å².